The van der Waals surface area contributed by atoms with Crippen LogP contribution in [0.4, 0.5) is 0 Å². The molecule has 1 aromatic heterocycles. The number of amides is 1. The molecule has 3 aromatic rings. The minimum atomic E-state index is -0.137. The average Bonchev–Trinajstić information content (AvgIpc) is 2.70. The standard InChI is InChI=1S/C23H26N2O3/c1-15(2)16-8-10-20-19(12-16)13-17(23(27)25-20)9-11-22(26)24-14-18-6-4-5-7-21(18)28-3/h4-8,10,12-13,15H,9,11,14H2,1-3H3,(H,24,26)(H,25,27). The van der Waals surface area contributed by atoms with Crippen molar-refractivity contribution in [1.82, 2.24) is 10.3 Å². The number of pyridine rings is 1. The predicted molar refractivity (Wildman–Crippen MR) is 112 cm³/mol. The quantitative estimate of drug-likeness (QED) is 0.655. The van der Waals surface area contributed by atoms with E-state index in [1.165, 1.54) is 5.56 Å². The van der Waals surface area contributed by atoms with E-state index in [2.05, 4.69) is 30.2 Å². The summed E-state index contributed by atoms with van der Waals surface area (Å²) < 4.78 is 5.29. The SMILES string of the molecule is COc1ccccc1CNC(=O)CCc1cc2cc(C(C)C)ccc2[nH]c1=O. The first-order valence-electron chi connectivity index (χ1n) is 9.52. The van der Waals surface area contributed by atoms with Crippen LogP contribution in [0.1, 0.15) is 42.9 Å². The Labute approximate surface area is 164 Å². The first-order chi connectivity index (χ1) is 13.5. The van der Waals surface area contributed by atoms with Gasteiger partial charge in [0.25, 0.3) is 5.56 Å². The van der Waals surface area contributed by atoms with Crippen molar-refractivity contribution in [2.75, 3.05) is 7.11 Å². The number of methoxy groups -OCH3 is 1. The van der Waals surface area contributed by atoms with Crippen LogP contribution in [0.15, 0.2) is 53.3 Å². The number of hydrogen-bond donors (Lipinski definition) is 2. The number of hydrogen-bond acceptors (Lipinski definition) is 3. The van der Waals surface area contributed by atoms with Gasteiger partial charge in [0.15, 0.2) is 0 Å². The number of aryl methyl sites for hydroxylation is 1. The molecule has 0 aliphatic heterocycles. The number of H-pyrrole nitrogens is 1. The predicted octanol–water partition coefficient (Wildman–Crippen LogP) is 3.91. The lowest BCUT2D eigenvalue weighted by Gasteiger charge is -2.10. The number of fused-ring (bicyclic) bond motifs is 1. The van der Waals surface area contributed by atoms with Crippen LogP contribution < -0.4 is 15.6 Å². The maximum absolute atomic E-state index is 12.3. The van der Waals surface area contributed by atoms with E-state index in [0.717, 1.165) is 22.2 Å². The summed E-state index contributed by atoms with van der Waals surface area (Å²) in [5.74, 6) is 1.07. The first-order valence-corrected chi connectivity index (χ1v) is 9.52. The molecule has 0 saturated heterocycles. The normalized spacial score (nSPS) is 11.0. The molecule has 0 aliphatic carbocycles. The molecule has 0 aliphatic rings. The second-order valence-electron chi connectivity index (χ2n) is 7.21. The molecule has 0 unspecified atom stereocenters. The van der Waals surface area contributed by atoms with Gasteiger partial charge in [-0.25, -0.2) is 0 Å². The molecule has 2 N–H and O–H groups in total. The average molecular weight is 378 g/mol. The smallest absolute Gasteiger partial charge is 0.251 e. The number of rotatable bonds is 7. The maximum atomic E-state index is 12.3. The van der Waals surface area contributed by atoms with E-state index in [1.807, 2.05) is 42.5 Å². The lowest BCUT2D eigenvalue weighted by atomic mass is 10.00. The largest absolute Gasteiger partial charge is 0.496 e. The minimum absolute atomic E-state index is 0.0960. The topological polar surface area (TPSA) is 71.2 Å². The number of nitrogens with one attached hydrogen (secondary N) is 2. The molecule has 146 valence electrons. The number of aromatic nitrogens is 1. The van der Waals surface area contributed by atoms with Gasteiger partial charge in [0.1, 0.15) is 5.75 Å². The van der Waals surface area contributed by atoms with Crippen molar-refractivity contribution in [3.8, 4) is 5.75 Å². The van der Waals surface area contributed by atoms with Gasteiger partial charge < -0.3 is 15.0 Å². The van der Waals surface area contributed by atoms with E-state index < -0.39 is 0 Å². The van der Waals surface area contributed by atoms with Crippen molar-refractivity contribution >= 4 is 16.8 Å². The van der Waals surface area contributed by atoms with Crippen molar-refractivity contribution in [1.29, 1.82) is 0 Å². The maximum Gasteiger partial charge on any atom is 0.251 e. The number of para-hydroxylation sites is 1. The molecule has 2 aromatic carbocycles. The number of benzene rings is 2. The first kappa shape index (κ1) is 19.7. The summed E-state index contributed by atoms with van der Waals surface area (Å²) in [6.45, 7) is 4.67. The van der Waals surface area contributed by atoms with Crippen LogP contribution in [0.5, 0.6) is 5.75 Å². The Morgan fingerprint density at radius 2 is 1.89 bits per heavy atom. The van der Waals surface area contributed by atoms with E-state index >= 15 is 0 Å². The Bertz CT molecular complexity index is 1040. The van der Waals surface area contributed by atoms with E-state index in [4.69, 9.17) is 4.74 Å². The van der Waals surface area contributed by atoms with Gasteiger partial charge in [0, 0.05) is 29.6 Å². The molecule has 0 saturated carbocycles. The van der Waals surface area contributed by atoms with Crippen LogP contribution in [0, 0.1) is 0 Å². The molecule has 1 heterocycles. The van der Waals surface area contributed by atoms with Crippen molar-refractivity contribution < 1.29 is 9.53 Å². The Balaban J connectivity index is 1.66. The third kappa shape index (κ3) is 4.60. The monoisotopic (exact) mass is 378 g/mol. The summed E-state index contributed by atoms with van der Waals surface area (Å²) in [5.41, 5.74) is 3.45. The molecule has 5 nitrogen and oxygen atoms in total. The van der Waals surface area contributed by atoms with E-state index in [0.29, 0.717) is 24.4 Å². The molecular formula is C23H26N2O3. The van der Waals surface area contributed by atoms with Gasteiger partial charge in [-0.15, -0.1) is 0 Å². The van der Waals surface area contributed by atoms with Crippen molar-refractivity contribution in [3.05, 3.63) is 75.6 Å². The molecule has 0 radical (unpaired) electrons. The fourth-order valence-electron chi connectivity index (χ4n) is 3.19. The van der Waals surface area contributed by atoms with Crippen LogP contribution >= 0.6 is 0 Å². The molecule has 0 bridgehead atoms. The lowest BCUT2D eigenvalue weighted by molar-refractivity contribution is -0.121. The zero-order chi connectivity index (χ0) is 20.1. The third-order valence-electron chi connectivity index (χ3n) is 4.90. The van der Waals surface area contributed by atoms with E-state index in [-0.39, 0.29) is 17.9 Å². The van der Waals surface area contributed by atoms with Crippen LogP contribution in [0.3, 0.4) is 0 Å². The zero-order valence-corrected chi connectivity index (χ0v) is 16.5. The Hall–Kier alpha value is -3.08. The Kier molecular flexibility index (Phi) is 6.14. The molecule has 0 spiro atoms. The number of carbonyl (C=O) groups excluding carboxylic acids is 1. The highest BCUT2D eigenvalue weighted by Crippen LogP contribution is 2.20. The van der Waals surface area contributed by atoms with Crippen LogP contribution in [0.2, 0.25) is 0 Å². The van der Waals surface area contributed by atoms with Crippen molar-refractivity contribution in [2.45, 2.75) is 39.2 Å². The summed E-state index contributed by atoms with van der Waals surface area (Å²) in [5, 5.41) is 3.89. The highest BCUT2D eigenvalue weighted by molar-refractivity contribution is 5.80. The fourth-order valence-corrected chi connectivity index (χ4v) is 3.19. The summed E-state index contributed by atoms with van der Waals surface area (Å²) >= 11 is 0. The van der Waals surface area contributed by atoms with Gasteiger partial charge in [-0.05, 0) is 47.6 Å². The fraction of sp³-hybridized carbons (Fsp3) is 0.304. The van der Waals surface area contributed by atoms with Crippen molar-refractivity contribution in [2.24, 2.45) is 0 Å². The van der Waals surface area contributed by atoms with E-state index in [1.54, 1.807) is 7.11 Å². The highest BCUT2D eigenvalue weighted by atomic mass is 16.5. The molecule has 0 atom stereocenters. The molecule has 28 heavy (non-hydrogen) atoms. The number of carbonyl (C=O) groups is 1. The molecule has 5 heteroatoms. The van der Waals surface area contributed by atoms with Crippen molar-refractivity contribution in [3.63, 3.8) is 0 Å². The van der Waals surface area contributed by atoms with Gasteiger partial charge >= 0.3 is 0 Å². The van der Waals surface area contributed by atoms with Gasteiger partial charge in [-0.3, -0.25) is 9.59 Å². The second kappa shape index (κ2) is 8.74. The van der Waals surface area contributed by atoms with Gasteiger partial charge in [-0.2, -0.15) is 0 Å². The van der Waals surface area contributed by atoms with Crippen LogP contribution in [0.25, 0.3) is 10.9 Å². The summed E-state index contributed by atoms with van der Waals surface area (Å²) in [6, 6.07) is 15.5. The number of aromatic amines is 1. The van der Waals surface area contributed by atoms with Crippen LogP contribution in [-0.4, -0.2) is 18.0 Å². The summed E-state index contributed by atoms with van der Waals surface area (Å²) in [6.07, 6.45) is 0.655. The molecule has 0 fully saturated rings. The van der Waals surface area contributed by atoms with Gasteiger partial charge in [0.2, 0.25) is 5.91 Å². The van der Waals surface area contributed by atoms with Gasteiger partial charge in [-0.1, -0.05) is 38.1 Å². The summed E-state index contributed by atoms with van der Waals surface area (Å²) in [4.78, 5) is 27.5. The molecular weight excluding hydrogens is 352 g/mol. The molecule has 3 rings (SSSR count). The van der Waals surface area contributed by atoms with Crippen LogP contribution in [-0.2, 0) is 17.8 Å². The zero-order valence-electron chi connectivity index (χ0n) is 16.5. The third-order valence-corrected chi connectivity index (χ3v) is 4.90. The minimum Gasteiger partial charge on any atom is -0.496 e. The summed E-state index contributed by atoms with van der Waals surface area (Å²) in [7, 11) is 1.61. The molecule has 1 amide bonds. The van der Waals surface area contributed by atoms with Gasteiger partial charge in [0.05, 0.1) is 7.11 Å². The Morgan fingerprint density at radius 1 is 1.11 bits per heavy atom. The van der Waals surface area contributed by atoms with E-state index in [9.17, 15) is 9.59 Å². The second-order valence-corrected chi connectivity index (χ2v) is 7.21. The lowest BCUT2D eigenvalue weighted by Crippen LogP contribution is -2.24. The number of ether oxygens (including phenoxy) is 1. The Morgan fingerprint density at radius 3 is 2.64 bits per heavy atom. The highest BCUT2D eigenvalue weighted by Gasteiger charge is 2.09.